The van der Waals surface area contributed by atoms with Crippen molar-refractivity contribution in [2.24, 2.45) is 0 Å². The van der Waals surface area contributed by atoms with Crippen LogP contribution in [0.15, 0.2) is 47.4 Å². The third-order valence-corrected chi connectivity index (χ3v) is 6.51. The van der Waals surface area contributed by atoms with Crippen LogP contribution in [0.2, 0.25) is 10.0 Å². The zero-order valence-corrected chi connectivity index (χ0v) is 17.4. The third kappa shape index (κ3) is 4.07. The molecule has 0 spiro atoms. The van der Waals surface area contributed by atoms with Gasteiger partial charge in [0, 0.05) is 18.8 Å². The Kier molecular flexibility index (Phi) is 5.67. The topological polar surface area (TPSA) is 40.6 Å². The molecule has 2 saturated heterocycles. The number of benzene rings is 2. The first-order valence-electron chi connectivity index (χ1n) is 9.05. The lowest BCUT2D eigenvalue weighted by molar-refractivity contribution is -0.123. The lowest BCUT2D eigenvalue weighted by Gasteiger charge is -2.17. The van der Waals surface area contributed by atoms with E-state index in [0.29, 0.717) is 15.0 Å². The number of nitrogens with zero attached hydrogens (tertiary/aromatic N) is 2. The molecule has 0 bridgehead atoms. The van der Waals surface area contributed by atoms with Gasteiger partial charge in [-0.3, -0.25) is 14.5 Å². The van der Waals surface area contributed by atoms with E-state index >= 15 is 0 Å². The third-order valence-electron chi connectivity index (χ3n) is 4.86. The minimum absolute atomic E-state index is 0.173. The van der Waals surface area contributed by atoms with E-state index < -0.39 is 0 Å². The standard InChI is InChI=1S/C21H18Cl2N2O2S/c22-17-8-5-15(11-18(17)23)13-25-20(26)19(28-21(25)27)12-14-3-6-16(7-4-14)24-9-1-2-10-24/h3-8,11-12H,1-2,9-10,13H2/b19-12-. The van der Waals surface area contributed by atoms with E-state index in [2.05, 4.69) is 17.0 Å². The van der Waals surface area contributed by atoms with Crippen molar-refractivity contribution in [3.8, 4) is 0 Å². The van der Waals surface area contributed by atoms with Crippen LogP contribution in [-0.4, -0.2) is 29.1 Å². The van der Waals surface area contributed by atoms with Gasteiger partial charge >= 0.3 is 0 Å². The Balaban J connectivity index is 1.49. The molecular formula is C21H18Cl2N2O2S. The zero-order chi connectivity index (χ0) is 19.7. The van der Waals surface area contributed by atoms with Crippen molar-refractivity contribution in [2.45, 2.75) is 19.4 Å². The van der Waals surface area contributed by atoms with Crippen LogP contribution in [0.4, 0.5) is 10.5 Å². The average Bonchev–Trinajstić information content (AvgIpc) is 3.30. The first-order valence-corrected chi connectivity index (χ1v) is 10.6. The lowest BCUT2D eigenvalue weighted by Crippen LogP contribution is -2.27. The SMILES string of the molecule is O=C1S/C(=C\c2ccc(N3CCCC3)cc2)C(=O)N1Cc1ccc(Cl)c(Cl)c1. The predicted molar refractivity (Wildman–Crippen MR) is 116 cm³/mol. The second-order valence-corrected chi connectivity index (χ2v) is 8.61. The van der Waals surface area contributed by atoms with E-state index in [1.165, 1.54) is 23.4 Å². The quantitative estimate of drug-likeness (QED) is 0.569. The summed E-state index contributed by atoms with van der Waals surface area (Å²) < 4.78 is 0. The maximum absolute atomic E-state index is 12.7. The number of thioether (sulfide) groups is 1. The second kappa shape index (κ2) is 8.19. The van der Waals surface area contributed by atoms with Crippen LogP contribution in [0.3, 0.4) is 0 Å². The summed E-state index contributed by atoms with van der Waals surface area (Å²) >= 11 is 12.9. The molecule has 2 aromatic carbocycles. The van der Waals surface area contributed by atoms with Crippen LogP contribution < -0.4 is 4.90 Å². The molecule has 0 radical (unpaired) electrons. The fraction of sp³-hybridized carbons (Fsp3) is 0.238. The van der Waals surface area contributed by atoms with Gasteiger partial charge in [-0.2, -0.15) is 0 Å². The summed E-state index contributed by atoms with van der Waals surface area (Å²) in [4.78, 5) is 29.0. The van der Waals surface area contributed by atoms with Gasteiger partial charge in [0.2, 0.25) is 0 Å². The smallest absolute Gasteiger partial charge is 0.293 e. The fourth-order valence-electron chi connectivity index (χ4n) is 3.36. The van der Waals surface area contributed by atoms with Crippen LogP contribution in [0, 0.1) is 0 Å². The van der Waals surface area contributed by atoms with Crippen LogP contribution in [0.5, 0.6) is 0 Å². The van der Waals surface area contributed by atoms with Gasteiger partial charge in [-0.1, -0.05) is 41.4 Å². The van der Waals surface area contributed by atoms with Gasteiger partial charge in [0.05, 0.1) is 21.5 Å². The molecule has 2 aliphatic heterocycles. The highest BCUT2D eigenvalue weighted by atomic mass is 35.5. The summed E-state index contributed by atoms with van der Waals surface area (Å²) in [6.45, 7) is 2.35. The van der Waals surface area contributed by atoms with Crippen molar-refractivity contribution in [1.82, 2.24) is 4.90 Å². The van der Waals surface area contributed by atoms with E-state index in [0.717, 1.165) is 36.0 Å². The number of carbonyl (C=O) groups is 2. The Morgan fingerprint density at radius 3 is 2.36 bits per heavy atom. The molecule has 7 heteroatoms. The number of carbonyl (C=O) groups excluding carboxylic acids is 2. The summed E-state index contributed by atoms with van der Waals surface area (Å²) in [5, 5.41) is 0.563. The molecule has 0 aliphatic carbocycles. The van der Waals surface area contributed by atoms with Crippen LogP contribution >= 0.6 is 35.0 Å². The highest BCUT2D eigenvalue weighted by Crippen LogP contribution is 2.34. The number of amides is 2. The van der Waals surface area contributed by atoms with Gasteiger partial charge in [0.15, 0.2) is 0 Å². The summed E-state index contributed by atoms with van der Waals surface area (Å²) in [6.07, 6.45) is 4.23. The second-order valence-electron chi connectivity index (χ2n) is 6.80. The van der Waals surface area contributed by atoms with Crippen molar-refractivity contribution in [3.63, 3.8) is 0 Å². The summed E-state index contributed by atoms with van der Waals surface area (Å²) in [6, 6.07) is 13.2. The Morgan fingerprint density at radius 2 is 1.68 bits per heavy atom. The molecule has 2 amide bonds. The molecule has 2 aromatic rings. The average molecular weight is 433 g/mol. The Bertz CT molecular complexity index is 953. The predicted octanol–water partition coefficient (Wildman–Crippen LogP) is 5.83. The van der Waals surface area contributed by atoms with E-state index in [-0.39, 0.29) is 17.7 Å². The van der Waals surface area contributed by atoms with Crippen molar-refractivity contribution >= 4 is 57.9 Å². The molecule has 144 valence electrons. The maximum Gasteiger partial charge on any atom is 0.293 e. The highest BCUT2D eigenvalue weighted by molar-refractivity contribution is 8.18. The normalized spacial score (nSPS) is 18.6. The van der Waals surface area contributed by atoms with Crippen molar-refractivity contribution < 1.29 is 9.59 Å². The van der Waals surface area contributed by atoms with Crippen LogP contribution in [0.1, 0.15) is 24.0 Å². The molecule has 0 N–H and O–H groups in total. The number of hydrogen-bond acceptors (Lipinski definition) is 4. The first kappa shape index (κ1) is 19.4. The molecule has 4 nitrogen and oxygen atoms in total. The number of rotatable bonds is 4. The molecule has 2 aliphatic rings. The summed E-state index contributed by atoms with van der Waals surface area (Å²) in [5.41, 5.74) is 2.86. The number of hydrogen-bond donors (Lipinski definition) is 0. The molecule has 0 atom stereocenters. The molecule has 4 rings (SSSR count). The Morgan fingerprint density at radius 1 is 0.964 bits per heavy atom. The number of anilines is 1. The van der Waals surface area contributed by atoms with Gasteiger partial charge in [-0.15, -0.1) is 0 Å². The first-order chi connectivity index (χ1) is 13.5. The Labute approximate surface area is 178 Å². The van der Waals surface area contributed by atoms with E-state index in [4.69, 9.17) is 23.2 Å². The number of halogens is 2. The number of imide groups is 1. The van der Waals surface area contributed by atoms with Gasteiger partial charge in [-0.25, -0.2) is 0 Å². The molecule has 0 saturated carbocycles. The molecule has 28 heavy (non-hydrogen) atoms. The monoisotopic (exact) mass is 432 g/mol. The van der Waals surface area contributed by atoms with E-state index in [1.807, 2.05) is 12.1 Å². The minimum Gasteiger partial charge on any atom is -0.372 e. The van der Waals surface area contributed by atoms with Crippen molar-refractivity contribution in [1.29, 1.82) is 0 Å². The van der Waals surface area contributed by atoms with E-state index in [1.54, 1.807) is 24.3 Å². The molecule has 0 aromatic heterocycles. The Hall–Kier alpha value is -1.95. The largest absolute Gasteiger partial charge is 0.372 e. The van der Waals surface area contributed by atoms with Gasteiger partial charge < -0.3 is 4.90 Å². The van der Waals surface area contributed by atoms with Gasteiger partial charge in [-0.05, 0) is 66.1 Å². The lowest BCUT2D eigenvalue weighted by atomic mass is 10.1. The summed E-state index contributed by atoms with van der Waals surface area (Å²) in [5.74, 6) is -0.287. The molecule has 2 heterocycles. The molecule has 2 fully saturated rings. The van der Waals surface area contributed by atoms with Crippen LogP contribution in [-0.2, 0) is 11.3 Å². The maximum atomic E-state index is 12.7. The zero-order valence-electron chi connectivity index (χ0n) is 15.0. The fourth-order valence-corrected chi connectivity index (χ4v) is 4.52. The van der Waals surface area contributed by atoms with Crippen molar-refractivity contribution in [2.75, 3.05) is 18.0 Å². The van der Waals surface area contributed by atoms with E-state index in [9.17, 15) is 9.59 Å². The highest BCUT2D eigenvalue weighted by Gasteiger charge is 2.35. The van der Waals surface area contributed by atoms with Crippen LogP contribution in [0.25, 0.3) is 6.08 Å². The minimum atomic E-state index is -0.287. The molecule has 0 unspecified atom stereocenters. The van der Waals surface area contributed by atoms with Crippen molar-refractivity contribution in [3.05, 3.63) is 68.5 Å². The molecular weight excluding hydrogens is 415 g/mol. The van der Waals surface area contributed by atoms with Gasteiger partial charge in [0.1, 0.15) is 0 Å². The summed E-state index contributed by atoms with van der Waals surface area (Å²) in [7, 11) is 0. The van der Waals surface area contributed by atoms with Gasteiger partial charge in [0.25, 0.3) is 11.1 Å².